The first-order valence-electron chi connectivity index (χ1n) is 6.90. The van der Waals surface area contributed by atoms with Crippen LogP contribution in [0, 0.1) is 11.6 Å². The Labute approximate surface area is 124 Å². The van der Waals surface area contributed by atoms with Crippen LogP contribution in [0.1, 0.15) is 0 Å². The molecule has 0 unspecified atom stereocenters. The molecule has 22 heavy (non-hydrogen) atoms. The second-order valence-electron chi connectivity index (χ2n) is 5.43. The summed E-state index contributed by atoms with van der Waals surface area (Å²) in [6, 6.07) is 12.9. The van der Waals surface area contributed by atoms with Crippen LogP contribution in [0.25, 0.3) is 22.3 Å². The van der Waals surface area contributed by atoms with Gasteiger partial charge in [0.2, 0.25) is 0 Å². The van der Waals surface area contributed by atoms with E-state index in [0.29, 0.717) is 0 Å². The Hall–Kier alpha value is -2.88. The molecule has 2 aliphatic rings. The van der Waals surface area contributed by atoms with Crippen LogP contribution in [0.3, 0.4) is 0 Å². The largest absolute Gasteiger partial charge is 0.248 e. The number of rotatable bonds is 0. The Morgan fingerprint density at radius 3 is 1.45 bits per heavy atom. The van der Waals surface area contributed by atoms with E-state index < -0.39 is 0 Å². The first-order valence-corrected chi connectivity index (χ1v) is 6.90. The fourth-order valence-corrected chi connectivity index (χ4v) is 3.10. The molecular weight excluding hydrogens is 282 g/mol. The minimum Gasteiger partial charge on any atom is -0.248 e. The van der Waals surface area contributed by atoms with Crippen LogP contribution in [-0.2, 0) is 0 Å². The molecule has 0 amide bonds. The third-order valence-corrected chi connectivity index (χ3v) is 4.09. The number of halogens is 2. The molecule has 0 fully saturated rings. The molecule has 0 saturated heterocycles. The van der Waals surface area contributed by atoms with Gasteiger partial charge in [-0.1, -0.05) is 0 Å². The SMILES string of the molecule is Fc1ccc2c(c1)-c1cc3c(cc1=N2)-c1cc(F)ccc1N=3. The van der Waals surface area contributed by atoms with Crippen molar-refractivity contribution in [1.29, 1.82) is 0 Å². The molecule has 2 aliphatic heterocycles. The summed E-state index contributed by atoms with van der Waals surface area (Å²) in [5.74, 6) is -0.575. The maximum Gasteiger partial charge on any atom is 0.123 e. The van der Waals surface area contributed by atoms with E-state index in [1.54, 1.807) is 12.1 Å². The Bertz CT molecular complexity index is 1010. The highest BCUT2D eigenvalue weighted by Crippen LogP contribution is 2.36. The van der Waals surface area contributed by atoms with Crippen molar-refractivity contribution in [3.63, 3.8) is 0 Å². The molecule has 5 rings (SSSR count). The molecule has 0 aromatic heterocycles. The van der Waals surface area contributed by atoms with Gasteiger partial charge in [-0.25, -0.2) is 18.8 Å². The van der Waals surface area contributed by atoms with Gasteiger partial charge in [0.05, 0.1) is 22.1 Å². The lowest BCUT2D eigenvalue weighted by Crippen LogP contribution is -2.11. The second-order valence-corrected chi connectivity index (χ2v) is 5.43. The van der Waals surface area contributed by atoms with E-state index in [0.717, 1.165) is 44.3 Å². The summed E-state index contributed by atoms with van der Waals surface area (Å²) in [6.07, 6.45) is 0. The highest BCUT2D eigenvalue weighted by atomic mass is 19.1. The molecule has 0 atom stereocenters. The molecule has 0 spiro atoms. The zero-order valence-corrected chi connectivity index (χ0v) is 11.3. The Kier molecular flexibility index (Phi) is 2.06. The monoisotopic (exact) mass is 290 g/mol. The van der Waals surface area contributed by atoms with E-state index in [2.05, 4.69) is 9.98 Å². The van der Waals surface area contributed by atoms with E-state index in [1.807, 2.05) is 12.1 Å². The third-order valence-electron chi connectivity index (χ3n) is 4.09. The van der Waals surface area contributed by atoms with Crippen LogP contribution in [-0.4, -0.2) is 0 Å². The number of hydrogen-bond donors (Lipinski definition) is 0. The average Bonchev–Trinajstić information content (AvgIpc) is 3.02. The van der Waals surface area contributed by atoms with Gasteiger partial charge in [-0.3, -0.25) is 0 Å². The van der Waals surface area contributed by atoms with Crippen LogP contribution in [0.2, 0.25) is 0 Å². The highest BCUT2D eigenvalue weighted by molar-refractivity contribution is 5.84. The summed E-state index contributed by atoms with van der Waals surface area (Å²) < 4.78 is 27.0. The lowest BCUT2D eigenvalue weighted by atomic mass is 10.0. The first kappa shape index (κ1) is 11.7. The molecule has 0 radical (unpaired) electrons. The minimum atomic E-state index is -0.287. The predicted molar refractivity (Wildman–Crippen MR) is 78.9 cm³/mol. The van der Waals surface area contributed by atoms with Gasteiger partial charge >= 0.3 is 0 Å². The molecule has 104 valence electrons. The summed E-state index contributed by atoms with van der Waals surface area (Å²) in [4.78, 5) is 9.05. The van der Waals surface area contributed by atoms with Crippen molar-refractivity contribution < 1.29 is 8.78 Å². The Morgan fingerprint density at radius 1 is 0.545 bits per heavy atom. The van der Waals surface area contributed by atoms with Crippen LogP contribution < -0.4 is 10.7 Å². The third kappa shape index (κ3) is 1.46. The minimum absolute atomic E-state index is 0.287. The normalized spacial score (nSPS) is 12.8. The van der Waals surface area contributed by atoms with E-state index in [-0.39, 0.29) is 11.6 Å². The average molecular weight is 290 g/mol. The van der Waals surface area contributed by atoms with Crippen LogP contribution in [0.15, 0.2) is 58.5 Å². The lowest BCUT2D eigenvalue weighted by Gasteiger charge is -2.01. The molecule has 4 heteroatoms. The molecule has 0 bridgehead atoms. The standard InChI is InChI=1S/C18H8F2N2/c19-9-1-3-15-11(5-9)13-7-18-14(8-17(13)21-15)12-6-10(20)2-4-16(12)22-18/h1-8H. The molecule has 2 heterocycles. The van der Waals surface area contributed by atoms with Crippen molar-refractivity contribution in [2.75, 3.05) is 0 Å². The fraction of sp³-hybridized carbons (Fsp3) is 0. The molecule has 0 N–H and O–H groups in total. The van der Waals surface area contributed by atoms with E-state index in [1.165, 1.54) is 24.3 Å². The number of hydrogen-bond acceptors (Lipinski definition) is 2. The summed E-state index contributed by atoms with van der Waals surface area (Å²) >= 11 is 0. The quantitative estimate of drug-likeness (QED) is 0.414. The first-order chi connectivity index (χ1) is 10.7. The molecule has 0 aliphatic carbocycles. The summed E-state index contributed by atoms with van der Waals surface area (Å²) in [7, 11) is 0. The molecule has 2 nitrogen and oxygen atoms in total. The smallest absolute Gasteiger partial charge is 0.123 e. The summed E-state index contributed by atoms with van der Waals surface area (Å²) in [6.45, 7) is 0. The van der Waals surface area contributed by atoms with Gasteiger partial charge in [0.25, 0.3) is 0 Å². The van der Waals surface area contributed by atoms with Crippen LogP contribution in [0.5, 0.6) is 0 Å². The fourth-order valence-electron chi connectivity index (χ4n) is 3.10. The molecule has 3 aromatic rings. The van der Waals surface area contributed by atoms with Crippen molar-refractivity contribution in [3.05, 3.63) is 70.9 Å². The maximum atomic E-state index is 13.5. The number of benzene rings is 3. The van der Waals surface area contributed by atoms with E-state index in [9.17, 15) is 8.78 Å². The van der Waals surface area contributed by atoms with Gasteiger partial charge in [0.1, 0.15) is 11.6 Å². The van der Waals surface area contributed by atoms with E-state index in [4.69, 9.17) is 0 Å². The van der Waals surface area contributed by atoms with Gasteiger partial charge < -0.3 is 0 Å². The van der Waals surface area contributed by atoms with Crippen LogP contribution >= 0.6 is 0 Å². The topological polar surface area (TPSA) is 24.7 Å². The molecule has 0 saturated carbocycles. The van der Waals surface area contributed by atoms with Gasteiger partial charge in [-0.05, 0) is 48.5 Å². The molecule has 3 aromatic carbocycles. The van der Waals surface area contributed by atoms with Crippen molar-refractivity contribution in [3.8, 4) is 22.3 Å². The van der Waals surface area contributed by atoms with Gasteiger partial charge in [0, 0.05) is 22.3 Å². The summed E-state index contributed by atoms with van der Waals surface area (Å²) in [5, 5.41) is 1.54. The molecular formula is C18H8F2N2. The lowest BCUT2D eigenvalue weighted by molar-refractivity contribution is 0.628. The van der Waals surface area contributed by atoms with Crippen molar-refractivity contribution in [2.45, 2.75) is 0 Å². The Balaban J connectivity index is 1.83. The van der Waals surface area contributed by atoms with E-state index >= 15 is 0 Å². The Morgan fingerprint density at radius 2 is 1.00 bits per heavy atom. The highest BCUT2D eigenvalue weighted by Gasteiger charge is 2.20. The second kappa shape index (κ2) is 3.85. The number of fused-ring (bicyclic) bond motifs is 6. The van der Waals surface area contributed by atoms with Crippen molar-refractivity contribution >= 4 is 11.4 Å². The van der Waals surface area contributed by atoms with Crippen molar-refractivity contribution in [2.24, 2.45) is 9.98 Å². The van der Waals surface area contributed by atoms with Gasteiger partial charge in [0.15, 0.2) is 0 Å². The summed E-state index contributed by atoms with van der Waals surface area (Å²) in [5.41, 5.74) is 4.78. The van der Waals surface area contributed by atoms with Crippen molar-refractivity contribution in [1.82, 2.24) is 0 Å². The number of nitrogens with zero attached hydrogens (tertiary/aromatic N) is 2. The zero-order valence-electron chi connectivity index (χ0n) is 11.3. The predicted octanol–water partition coefficient (Wildman–Crippen LogP) is 3.83. The zero-order chi connectivity index (χ0) is 14.8. The van der Waals surface area contributed by atoms with Gasteiger partial charge in [-0.15, -0.1) is 0 Å². The maximum absolute atomic E-state index is 13.5. The van der Waals surface area contributed by atoms with Crippen LogP contribution in [0.4, 0.5) is 20.2 Å². The van der Waals surface area contributed by atoms with Gasteiger partial charge in [-0.2, -0.15) is 0 Å².